The normalized spacial score (nSPS) is 14.5. The van der Waals surface area contributed by atoms with Crippen molar-refractivity contribution in [1.29, 1.82) is 0 Å². The van der Waals surface area contributed by atoms with Gasteiger partial charge in [0.1, 0.15) is 11.6 Å². The average Bonchev–Trinajstić information content (AvgIpc) is 2.68. The van der Waals surface area contributed by atoms with E-state index in [1.54, 1.807) is 0 Å². The van der Waals surface area contributed by atoms with Crippen molar-refractivity contribution in [1.82, 2.24) is 9.88 Å². The van der Waals surface area contributed by atoms with Gasteiger partial charge in [-0.3, -0.25) is 0 Å². The van der Waals surface area contributed by atoms with E-state index in [2.05, 4.69) is 51.2 Å². The van der Waals surface area contributed by atoms with Crippen LogP contribution in [0.3, 0.4) is 0 Å². The Kier molecular flexibility index (Phi) is 8.72. The largest absolute Gasteiger partial charge is 0.494 e. The number of anilines is 1. The molecular formula is C21H30ClN3O. The molecule has 1 fully saturated rings. The van der Waals surface area contributed by atoms with Gasteiger partial charge >= 0.3 is 0 Å². The summed E-state index contributed by atoms with van der Waals surface area (Å²) in [6, 6.07) is 14.6. The van der Waals surface area contributed by atoms with Crippen LogP contribution >= 0.6 is 12.4 Å². The lowest BCUT2D eigenvalue weighted by atomic mass is 10.1. The van der Waals surface area contributed by atoms with Crippen molar-refractivity contribution in [2.24, 2.45) is 0 Å². The first-order chi connectivity index (χ1) is 12.3. The molecule has 0 bridgehead atoms. The number of nitrogens with zero attached hydrogens (tertiary/aromatic N) is 3. The summed E-state index contributed by atoms with van der Waals surface area (Å²) in [6.07, 6.45) is 5.93. The Morgan fingerprint density at radius 2 is 1.81 bits per heavy atom. The molecule has 142 valence electrons. The van der Waals surface area contributed by atoms with Crippen LogP contribution in [0.2, 0.25) is 0 Å². The zero-order chi connectivity index (χ0) is 17.3. The smallest absolute Gasteiger partial charge is 0.128 e. The monoisotopic (exact) mass is 375 g/mol. The fourth-order valence-electron chi connectivity index (χ4n) is 3.34. The van der Waals surface area contributed by atoms with E-state index >= 15 is 0 Å². The summed E-state index contributed by atoms with van der Waals surface area (Å²) in [7, 11) is 0. The summed E-state index contributed by atoms with van der Waals surface area (Å²) in [5.74, 6) is 1.98. The Balaban J connectivity index is 0.00000243. The van der Waals surface area contributed by atoms with E-state index < -0.39 is 0 Å². The summed E-state index contributed by atoms with van der Waals surface area (Å²) in [5.41, 5.74) is 1.28. The number of aromatic nitrogens is 1. The molecule has 1 aliphatic rings. The van der Waals surface area contributed by atoms with Crippen molar-refractivity contribution in [3.8, 4) is 5.75 Å². The van der Waals surface area contributed by atoms with Gasteiger partial charge in [-0.05, 0) is 62.7 Å². The molecule has 0 radical (unpaired) electrons. The Bertz CT molecular complexity index is 615. The molecule has 1 saturated heterocycles. The first-order valence-electron chi connectivity index (χ1n) is 9.45. The van der Waals surface area contributed by atoms with Crippen molar-refractivity contribution in [3.05, 3.63) is 54.2 Å². The number of likely N-dealkylation sites (tertiary alicyclic amines) is 1. The number of benzene rings is 1. The van der Waals surface area contributed by atoms with Crippen LogP contribution in [-0.4, -0.2) is 42.7 Å². The molecule has 0 aliphatic carbocycles. The standard InChI is InChI=1S/C21H29N3O.ClH/c1-2-25-20-11-9-19(10-12-20)18-24(21-8-4-5-13-22-21)17-16-23-14-6-3-7-15-23;/h4-5,8-13H,2-3,6-7,14-18H2,1H3;1H. The SMILES string of the molecule is CCOc1ccc(CN(CCN2CCCCC2)c2ccccn2)cc1.Cl. The van der Waals surface area contributed by atoms with Crippen LogP contribution < -0.4 is 9.64 Å². The summed E-state index contributed by atoms with van der Waals surface area (Å²) < 4.78 is 5.54. The highest BCUT2D eigenvalue weighted by atomic mass is 35.5. The van der Waals surface area contributed by atoms with E-state index in [9.17, 15) is 0 Å². The van der Waals surface area contributed by atoms with Gasteiger partial charge in [-0.25, -0.2) is 4.98 Å². The molecule has 1 aromatic heterocycles. The van der Waals surface area contributed by atoms with Gasteiger partial charge in [0, 0.05) is 25.8 Å². The molecular weight excluding hydrogens is 346 g/mol. The Hall–Kier alpha value is -1.78. The lowest BCUT2D eigenvalue weighted by molar-refractivity contribution is 0.233. The molecule has 1 aromatic carbocycles. The summed E-state index contributed by atoms with van der Waals surface area (Å²) >= 11 is 0. The predicted molar refractivity (Wildman–Crippen MR) is 110 cm³/mol. The molecule has 0 unspecified atom stereocenters. The second-order valence-electron chi connectivity index (χ2n) is 6.59. The first kappa shape index (κ1) is 20.5. The highest BCUT2D eigenvalue weighted by molar-refractivity contribution is 5.85. The highest BCUT2D eigenvalue weighted by Gasteiger charge is 2.14. The van der Waals surface area contributed by atoms with Gasteiger partial charge in [0.15, 0.2) is 0 Å². The first-order valence-corrected chi connectivity index (χ1v) is 9.45. The lowest BCUT2D eigenvalue weighted by Gasteiger charge is -2.30. The molecule has 2 aromatic rings. The third kappa shape index (κ3) is 6.19. The van der Waals surface area contributed by atoms with Crippen LogP contribution in [0, 0.1) is 0 Å². The molecule has 26 heavy (non-hydrogen) atoms. The van der Waals surface area contributed by atoms with E-state index in [0.29, 0.717) is 6.61 Å². The summed E-state index contributed by atoms with van der Waals surface area (Å²) in [5, 5.41) is 0. The maximum atomic E-state index is 5.54. The maximum absolute atomic E-state index is 5.54. The lowest BCUT2D eigenvalue weighted by Crippen LogP contribution is -2.38. The molecule has 4 nitrogen and oxygen atoms in total. The second kappa shape index (κ2) is 11.0. The minimum Gasteiger partial charge on any atom is -0.494 e. The van der Waals surface area contributed by atoms with Gasteiger partial charge in [-0.1, -0.05) is 24.6 Å². The Labute approximate surface area is 163 Å². The number of piperidine rings is 1. The molecule has 2 heterocycles. The maximum Gasteiger partial charge on any atom is 0.128 e. The van der Waals surface area contributed by atoms with Crippen LogP contribution in [0.25, 0.3) is 0 Å². The number of ether oxygens (including phenoxy) is 1. The summed E-state index contributed by atoms with van der Waals surface area (Å²) in [6.45, 7) is 8.17. The van der Waals surface area contributed by atoms with Crippen molar-refractivity contribution in [3.63, 3.8) is 0 Å². The molecule has 0 amide bonds. The van der Waals surface area contributed by atoms with Gasteiger partial charge in [0.05, 0.1) is 6.61 Å². The highest BCUT2D eigenvalue weighted by Crippen LogP contribution is 2.18. The molecule has 5 heteroatoms. The van der Waals surface area contributed by atoms with Gasteiger partial charge in [-0.2, -0.15) is 0 Å². The summed E-state index contributed by atoms with van der Waals surface area (Å²) in [4.78, 5) is 9.53. The zero-order valence-electron chi connectivity index (χ0n) is 15.6. The molecule has 0 atom stereocenters. The number of pyridine rings is 1. The minimum atomic E-state index is 0. The minimum absolute atomic E-state index is 0. The number of rotatable bonds is 8. The number of halogens is 1. The molecule has 0 spiro atoms. The third-order valence-electron chi connectivity index (χ3n) is 4.72. The van der Waals surface area contributed by atoms with Crippen molar-refractivity contribution >= 4 is 18.2 Å². The Morgan fingerprint density at radius 1 is 1.04 bits per heavy atom. The second-order valence-corrected chi connectivity index (χ2v) is 6.59. The van der Waals surface area contributed by atoms with Gasteiger partial charge < -0.3 is 14.5 Å². The van der Waals surface area contributed by atoms with E-state index in [0.717, 1.165) is 31.2 Å². The van der Waals surface area contributed by atoms with Gasteiger partial charge in [-0.15, -0.1) is 12.4 Å². The van der Waals surface area contributed by atoms with Crippen molar-refractivity contribution in [2.45, 2.75) is 32.7 Å². The fraction of sp³-hybridized carbons (Fsp3) is 0.476. The van der Waals surface area contributed by atoms with E-state index in [-0.39, 0.29) is 12.4 Å². The molecule has 0 N–H and O–H groups in total. The third-order valence-corrected chi connectivity index (χ3v) is 4.72. The van der Waals surface area contributed by atoms with E-state index in [1.807, 2.05) is 19.2 Å². The van der Waals surface area contributed by atoms with Crippen molar-refractivity contribution in [2.75, 3.05) is 37.7 Å². The number of hydrogen-bond donors (Lipinski definition) is 0. The van der Waals surface area contributed by atoms with Crippen LogP contribution in [-0.2, 0) is 6.54 Å². The van der Waals surface area contributed by atoms with E-state index in [1.165, 1.54) is 37.9 Å². The Morgan fingerprint density at radius 3 is 2.46 bits per heavy atom. The van der Waals surface area contributed by atoms with Crippen molar-refractivity contribution < 1.29 is 4.74 Å². The van der Waals surface area contributed by atoms with Crippen LogP contribution in [0.4, 0.5) is 5.82 Å². The van der Waals surface area contributed by atoms with Crippen LogP contribution in [0.1, 0.15) is 31.7 Å². The molecule has 0 saturated carbocycles. The number of hydrogen-bond acceptors (Lipinski definition) is 4. The molecule has 3 rings (SSSR count). The van der Waals surface area contributed by atoms with Gasteiger partial charge in [0.25, 0.3) is 0 Å². The zero-order valence-corrected chi connectivity index (χ0v) is 16.5. The van der Waals surface area contributed by atoms with E-state index in [4.69, 9.17) is 4.74 Å². The fourth-order valence-corrected chi connectivity index (χ4v) is 3.34. The van der Waals surface area contributed by atoms with Gasteiger partial charge in [0.2, 0.25) is 0 Å². The van der Waals surface area contributed by atoms with Crippen LogP contribution in [0.15, 0.2) is 48.7 Å². The predicted octanol–water partition coefficient (Wildman–Crippen LogP) is 4.39. The topological polar surface area (TPSA) is 28.6 Å². The molecule has 1 aliphatic heterocycles. The quantitative estimate of drug-likeness (QED) is 0.684. The average molecular weight is 376 g/mol. The van der Waals surface area contributed by atoms with Crippen LogP contribution in [0.5, 0.6) is 5.75 Å².